The van der Waals surface area contributed by atoms with Gasteiger partial charge in [-0.1, -0.05) is 25.3 Å². The molecule has 0 unspecified atom stereocenters. The predicted molar refractivity (Wildman–Crippen MR) is 58.8 cm³/mol. The maximum Gasteiger partial charge on any atom is 0.194 e. The lowest BCUT2D eigenvalue weighted by molar-refractivity contribution is 0.812. The van der Waals surface area contributed by atoms with Crippen LogP contribution in [0.25, 0.3) is 10.7 Å². The van der Waals surface area contributed by atoms with E-state index in [1.165, 1.54) is 11.5 Å². The summed E-state index contributed by atoms with van der Waals surface area (Å²) >= 11 is 1.35. The van der Waals surface area contributed by atoms with E-state index >= 15 is 0 Å². The standard InChI is InChI=1S/C9H13N5S/c1-4-6-10-9(13-11-6)8-7(5(2)3)12-14-15-8/h5H,4H2,1-3H3,(H,10,11,13). The smallest absolute Gasteiger partial charge is 0.194 e. The Morgan fingerprint density at radius 1 is 1.40 bits per heavy atom. The topological polar surface area (TPSA) is 67.3 Å². The van der Waals surface area contributed by atoms with Crippen molar-refractivity contribution < 1.29 is 0 Å². The molecule has 15 heavy (non-hydrogen) atoms. The molecule has 0 amide bonds. The molecule has 0 fully saturated rings. The Bertz CT molecular complexity index is 445. The van der Waals surface area contributed by atoms with Gasteiger partial charge in [0.25, 0.3) is 0 Å². The van der Waals surface area contributed by atoms with Gasteiger partial charge in [0.1, 0.15) is 10.7 Å². The molecule has 2 aromatic rings. The van der Waals surface area contributed by atoms with Crippen LogP contribution in [0, 0.1) is 0 Å². The van der Waals surface area contributed by atoms with E-state index in [-0.39, 0.29) is 0 Å². The summed E-state index contributed by atoms with van der Waals surface area (Å²) in [5.41, 5.74) is 0.974. The first-order valence-corrected chi connectivity index (χ1v) is 5.73. The number of H-pyrrole nitrogens is 1. The van der Waals surface area contributed by atoms with E-state index in [2.05, 4.69) is 38.6 Å². The summed E-state index contributed by atoms with van der Waals surface area (Å²) in [7, 11) is 0. The van der Waals surface area contributed by atoms with Gasteiger partial charge in [-0.2, -0.15) is 5.10 Å². The average molecular weight is 223 g/mol. The minimum atomic E-state index is 0.349. The number of aromatic amines is 1. The Hall–Kier alpha value is -1.30. The number of nitrogens with one attached hydrogen (secondary N) is 1. The molecule has 0 aromatic carbocycles. The number of nitrogens with zero attached hydrogens (tertiary/aromatic N) is 4. The molecule has 2 rings (SSSR count). The predicted octanol–water partition coefficient (Wildman–Crippen LogP) is 2.01. The highest BCUT2D eigenvalue weighted by molar-refractivity contribution is 7.09. The molecule has 0 aliphatic rings. The third-order valence-electron chi connectivity index (χ3n) is 2.13. The van der Waals surface area contributed by atoms with Crippen LogP contribution in [0.2, 0.25) is 0 Å². The number of hydrogen-bond acceptors (Lipinski definition) is 5. The quantitative estimate of drug-likeness (QED) is 0.864. The van der Waals surface area contributed by atoms with Crippen molar-refractivity contribution in [3.8, 4) is 10.7 Å². The molecule has 80 valence electrons. The number of aryl methyl sites for hydroxylation is 1. The highest BCUT2D eigenvalue weighted by atomic mass is 32.1. The van der Waals surface area contributed by atoms with Crippen molar-refractivity contribution in [2.45, 2.75) is 33.1 Å². The van der Waals surface area contributed by atoms with Gasteiger partial charge in [0.05, 0.1) is 5.69 Å². The zero-order valence-electron chi connectivity index (χ0n) is 8.98. The van der Waals surface area contributed by atoms with Gasteiger partial charge >= 0.3 is 0 Å². The van der Waals surface area contributed by atoms with Crippen molar-refractivity contribution in [2.24, 2.45) is 0 Å². The lowest BCUT2D eigenvalue weighted by Gasteiger charge is -1.99. The van der Waals surface area contributed by atoms with Gasteiger partial charge in [0, 0.05) is 6.42 Å². The third-order valence-corrected chi connectivity index (χ3v) is 2.87. The second-order valence-corrected chi connectivity index (χ2v) is 4.36. The van der Waals surface area contributed by atoms with Crippen LogP contribution >= 0.6 is 11.5 Å². The maximum atomic E-state index is 4.38. The molecule has 0 aliphatic carbocycles. The second kappa shape index (κ2) is 4.06. The molecule has 0 aliphatic heterocycles. The van der Waals surface area contributed by atoms with Crippen molar-refractivity contribution in [2.75, 3.05) is 0 Å². The van der Waals surface area contributed by atoms with Gasteiger partial charge < -0.3 is 0 Å². The number of rotatable bonds is 3. The van der Waals surface area contributed by atoms with E-state index in [4.69, 9.17) is 0 Å². The van der Waals surface area contributed by atoms with E-state index < -0.39 is 0 Å². The van der Waals surface area contributed by atoms with E-state index in [9.17, 15) is 0 Å². The highest BCUT2D eigenvalue weighted by Crippen LogP contribution is 2.27. The summed E-state index contributed by atoms with van der Waals surface area (Å²) < 4.78 is 3.95. The van der Waals surface area contributed by atoms with Gasteiger partial charge in [-0.15, -0.1) is 5.10 Å². The van der Waals surface area contributed by atoms with Crippen LogP contribution in [0.1, 0.15) is 38.2 Å². The first-order chi connectivity index (χ1) is 7.22. The van der Waals surface area contributed by atoms with Crippen LogP contribution in [0.3, 0.4) is 0 Å². The van der Waals surface area contributed by atoms with Crippen molar-refractivity contribution in [3.05, 3.63) is 11.5 Å². The molecule has 2 heterocycles. The van der Waals surface area contributed by atoms with E-state index in [0.717, 1.165) is 22.8 Å². The molecule has 5 nitrogen and oxygen atoms in total. The molecular weight excluding hydrogens is 210 g/mol. The van der Waals surface area contributed by atoms with Crippen molar-refractivity contribution in [1.82, 2.24) is 24.8 Å². The molecule has 0 atom stereocenters. The Labute approximate surface area is 92.1 Å². The van der Waals surface area contributed by atoms with Crippen LogP contribution < -0.4 is 0 Å². The number of aromatic nitrogens is 5. The fourth-order valence-electron chi connectivity index (χ4n) is 1.29. The molecule has 0 spiro atoms. The summed E-state index contributed by atoms with van der Waals surface area (Å²) in [5.74, 6) is 1.96. The molecule has 0 bridgehead atoms. The van der Waals surface area contributed by atoms with E-state index in [1.54, 1.807) is 0 Å². The zero-order valence-corrected chi connectivity index (χ0v) is 9.80. The monoisotopic (exact) mass is 223 g/mol. The van der Waals surface area contributed by atoms with Crippen LogP contribution in [-0.2, 0) is 6.42 Å². The van der Waals surface area contributed by atoms with E-state index in [1.807, 2.05) is 6.92 Å². The molecule has 0 saturated heterocycles. The minimum Gasteiger partial charge on any atom is -0.263 e. The molecular formula is C9H13N5S. The fraction of sp³-hybridized carbons (Fsp3) is 0.556. The summed E-state index contributed by atoms with van der Waals surface area (Å²) in [5, 5.41) is 11.2. The lowest BCUT2D eigenvalue weighted by Crippen LogP contribution is -1.91. The molecule has 6 heteroatoms. The van der Waals surface area contributed by atoms with Gasteiger partial charge in [0.15, 0.2) is 5.82 Å². The maximum absolute atomic E-state index is 4.38. The number of hydrogen-bond donors (Lipinski definition) is 1. The molecule has 1 N–H and O–H groups in total. The van der Waals surface area contributed by atoms with Crippen molar-refractivity contribution in [3.63, 3.8) is 0 Å². The third kappa shape index (κ3) is 1.90. The Morgan fingerprint density at radius 2 is 2.20 bits per heavy atom. The van der Waals surface area contributed by atoms with Crippen LogP contribution in [-0.4, -0.2) is 24.8 Å². The van der Waals surface area contributed by atoms with E-state index in [0.29, 0.717) is 11.7 Å². The SMILES string of the molecule is CCc1nc(-c2snnc2C(C)C)n[nH]1. The molecule has 2 aromatic heterocycles. The van der Waals surface area contributed by atoms with Crippen LogP contribution in [0.4, 0.5) is 0 Å². The Kier molecular flexibility index (Phi) is 2.77. The highest BCUT2D eigenvalue weighted by Gasteiger charge is 2.16. The first kappa shape index (κ1) is 10.2. The second-order valence-electron chi connectivity index (χ2n) is 3.60. The van der Waals surface area contributed by atoms with Gasteiger partial charge in [-0.25, -0.2) is 4.98 Å². The zero-order chi connectivity index (χ0) is 10.8. The largest absolute Gasteiger partial charge is 0.263 e. The normalized spacial score (nSPS) is 11.2. The fourth-order valence-corrected chi connectivity index (χ4v) is 2.04. The Morgan fingerprint density at radius 3 is 2.80 bits per heavy atom. The lowest BCUT2D eigenvalue weighted by atomic mass is 10.1. The first-order valence-electron chi connectivity index (χ1n) is 4.96. The van der Waals surface area contributed by atoms with Gasteiger partial charge in [0.2, 0.25) is 0 Å². The van der Waals surface area contributed by atoms with Crippen LogP contribution in [0.15, 0.2) is 0 Å². The minimum absolute atomic E-state index is 0.349. The Balaban J connectivity index is 2.40. The summed E-state index contributed by atoms with van der Waals surface area (Å²) in [6.45, 7) is 6.22. The van der Waals surface area contributed by atoms with Crippen molar-refractivity contribution in [1.29, 1.82) is 0 Å². The molecule has 0 radical (unpaired) electrons. The van der Waals surface area contributed by atoms with Gasteiger partial charge in [-0.3, -0.25) is 5.10 Å². The van der Waals surface area contributed by atoms with Crippen molar-refractivity contribution >= 4 is 11.5 Å². The summed E-state index contributed by atoms with van der Waals surface area (Å²) in [6.07, 6.45) is 0.857. The van der Waals surface area contributed by atoms with Crippen LogP contribution in [0.5, 0.6) is 0 Å². The molecule has 0 saturated carbocycles. The summed E-state index contributed by atoms with van der Waals surface area (Å²) in [4.78, 5) is 5.35. The summed E-state index contributed by atoms with van der Waals surface area (Å²) in [6, 6.07) is 0. The van der Waals surface area contributed by atoms with Gasteiger partial charge in [-0.05, 0) is 17.5 Å². The average Bonchev–Trinajstić information content (AvgIpc) is 2.85.